The number of hydrogen-bond acceptors (Lipinski definition) is 8. The highest BCUT2D eigenvalue weighted by Gasteiger charge is 2.25. The Morgan fingerprint density at radius 1 is 1.26 bits per heavy atom. The molecular weight excluding hydrogens is 452 g/mol. The highest BCUT2D eigenvalue weighted by molar-refractivity contribution is 7.11. The number of methoxy groups -OCH3 is 1. The summed E-state index contributed by atoms with van der Waals surface area (Å²) in [6, 6.07) is 7.81. The summed E-state index contributed by atoms with van der Waals surface area (Å²) >= 11 is 1.49. The Morgan fingerprint density at radius 3 is 2.94 bits per heavy atom. The molecule has 2 saturated heterocycles. The molecule has 2 aliphatic rings. The number of carbonyl (C=O) groups is 1. The normalized spacial score (nSPS) is 18.8. The Bertz CT molecular complexity index is 1160. The van der Waals surface area contributed by atoms with Gasteiger partial charge in [0.25, 0.3) is 0 Å². The van der Waals surface area contributed by atoms with Crippen molar-refractivity contribution in [1.29, 1.82) is 0 Å². The van der Waals surface area contributed by atoms with Crippen molar-refractivity contribution in [3.8, 4) is 16.9 Å². The summed E-state index contributed by atoms with van der Waals surface area (Å²) in [7, 11) is 1.61. The molecule has 0 radical (unpaired) electrons. The van der Waals surface area contributed by atoms with E-state index in [2.05, 4.69) is 16.3 Å². The van der Waals surface area contributed by atoms with Gasteiger partial charge in [-0.15, -0.1) is 0 Å². The van der Waals surface area contributed by atoms with E-state index in [1.807, 2.05) is 29.3 Å². The van der Waals surface area contributed by atoms with Crippen molar-refractivity contribution in [2.45, 2.75) is 12.8 Å². The number of pyridine rings is 1. The Hall–Kier alpha value is -3.11. The number of anilines is 2. The molecule has 0 spiro atoms. The minimum absolute atomic E-state index is 0.0113. The number of rotatable bonds is 5. The van der Waals surface area contributed by atoms with Crippen molar-refractivity contribution in [2.75, 3.05) is 63.7 Å². The Kier molecular flexibility index (Phi) is 6.68. The summed E-state index contributed by atoms with van der Waals surface area (Å²) in [5, 5.41) is 4.22. The van der Waals surface area contributed by atoms with Crippen molar-refractivity contribution < 1.29 is 14.3 Å². The van der Waals surface area contributed by atoms with Crippen LogP contribution in [0.3, 0.4) is 0 Å². The maximum absolute atomic E-state index is 12.4. The number of fused-ring (bicyclic) bond motifs is 1. The standard InChI is InChI=1S/C24H30N6O3S/c1-32-21-12-17(4-5-19(21)25)18-11-20-22(26-14-18)23(34-28-20)30-6-2-3-16(15-30)13-27-24(31)29-7-9-33-10-8-29/h4-5,11-12,14,16H,2-3,6-10,13,15,25H2,1H3,(H,27,31). The Labute approximate surface area is 203 Å². The molecule has 4 heterocycles. The third-order valence-electron chi connectivity index (χ3n) is 6.51. The summed E-state index contributed by atoms with van der Waals surface area (Å²) in [5.74, 6) is 1.05. The summed E-state index contributed by atoms with van der Waals surface area (Å²) in [4.78, 5) is 21.4. The quantitative estimate of drug-likeness (QED) is 0.538. The fraction of sp³-hybridized carbons (Fsp3) is 0.458. The van der Waals surface area contributed by atoms with Crippen LogP contribution in [0.4, 0.5) is 15.5 Å². The molecule has 0 aliphatic carbocycles. The van der Waals surface area contributed by atoms with Gasteiger partial charge in [0.1, 0.15) is 21.8 Å². The lowest BCUT2D eigenvalue weighted by Crippen LogP contribution is -2.48. The monoisotopic (exact) mass is 482 g/mol. The minimum atomic E-state index is 0.0113. The smallest absolute Gasteiger partial charge is 0.317 e. The third-order valence-corrected chi connectivity index (χ3v) is 7.43. The largest absolute Gasteiger partial charge is 0.495 e. The molecular formula is C24H30N6O3S. The van der Waals surface area contributed by atoms with Crippen LogP contribution in [0.25, 0.3) is 22.2 Å². The molecule has 0 saturated carbocycles. The van der Waals surface area contributed by atoms with Gasteiger partial charge < -0.3 is 30.3 Å². The van der Waals surface area contributed by atoms with Crippen LogP contribution in [0.2, 0.25) is 0 Å². The number of benzene rings is 1. The van der Waals surface area contributed by atoms with E-state index in [0.29, 0.717) is 50.2 Å². The predicted molar refractivity (Wildman–Crippen MR) is 135 cm³/mol. The van der Waals surface area contributed by atoms with Crippen LogP contribution < -0.4 is 20.7 Å². The minimum Gasteiger partial charge on any atom is -0.495 e. The molecule has 2 amide bonds. The van der Waals surface area contributed by atoms with Crippen LogP contribution in [-0.2, 0) is 4.74 Å². The van der Waals surface area contributed by atoms with Gasteiger partial charge in [-0.2, -0.15) is 4.37 Å². The number of ether oxygens (including phenoxy) is 2. The molecule has 5 rings (SSSR count). The van der Waals surface area contributed by atoms with Gasteiger partial charge in [-0.1, -0.05) is 6.07 Å². The number of nitrogens with two attached hydrogens (primary N) is 1. The van der Waals surface area contributed by atoms with Crippen LogP contribution in [0.1, 0.15) is 12.8 Å². The zero-order chi connectivity index (χ0) is 23.5. The molecule has 0 bridgehead atoms. The lowest BCUT2D eigenvalue weighted by molar-refractivity contribution is 0.0529. The molecule has 1 unspecified atom stereocenters. The van der Waals surface area contributed by atoms with E-state index >= 15 is 0 Å². The first-order valence-corrected chi connectivity index (χ1v) is 12.4. The van der Waals surface area contributed by atoms with E-state index < -0.39 is 0 Å². The first kappa shape index (κ1) is 22.7. The van der Waals surface area contributed by atoms with Crippen LogP contribution in [0.15, 0.2) is 30.5 Å². The summed E-state index contributed by atoms with van der Waals surface area (Å²) in [6.07, 6.45) is 4.07. The molecule has 1 atom stereocenters. The molecule has 180 valence electrons. The van der Waals surface area contributed by atoms with E-state index in [1.165, 1.54) is 11.5 Å². The molecule has 1 aromatic carbocycles. The fourth-order valence-electron chi connectivity index (χ4n) is 4.61. The lowest BCUT2D eigenvalue weighted by atomic mass is 9.98. The highest BCUT2D eigenvalue weighted by Crippen LogP contribution is 2.35. The molecule has 9 nitrogen and oxygen atoms in total. The second-order valence-electron chi connectivity index (χ2n) is 8.78. The van der Waals surface area contributed by atoms with E-state index in [0.717, 1.165) is 53.1 Å². The number of morpholine rings is 1. The molecule has 2 aliphatic heterocycles. The van der Waals surface area contributed by atoms with Gasteiger partial charge in [0, 0.05) is 44.5 Å². The number of hydrogen-bond donors (Lipinski definition) is 2. The van der Waals surface area contributed by atoms with E-state index in [4.69, 9.17) is 24.6 Å². The predicted octanol–water partition coefficient (Wildman–Crippen LogP) is 3.21. The van der Waals surface area contributed by atoms with Crippen molar-refractivity contribution in [3.05, 3.63) is 30.5 Å². The lowest BCUT2D eigenvalue weighted by Gasteiger charge is -2.34. The molecule has 2 fully saturated rings. The Morgan fingerprint density at radius 2 is 2.12 bits per heavy atom. The van der Waals surface area contributed by atoms with Gasteiger partial charge >= 0.3 is 6.03 Å². The maximum Gasteiger partial charge on any atom is 0.317 e. The second-order valence-corrected chi connectivity index (χ2v) is 9.53. The number of urea groups is 1. The van der Waals surface area contributed by atoms with Crippen LogP contribution in [0.5, 0.6) is 5.75 Å². The van der Waals surface area contributed by atoms with E-state index in [9.17, 15) is 4.79 Å². The summed E-state index contributed by atoms with van der Waals surface area (Å²) < 4.78 is 15.4. The molecule has 3 N–H and O–H groups in total. The maximum atomic E-state index is 12.4. The number of aromatic nitrogens is 2. The van der Waals surface area contributed by atoms with Crippen molar-refractivity contribution in [1.82, 2.24) is 19.6 Å². The van der Waals surface area contributed by atoms with Crippen molar-refractivity contribution in [2.24, 2.45) is 5.92 Å². The van der Waals surface area contributed by atoms with Crippen molar-refractivity contribution >= 4 is 39.3 Å². The highest BCUT2D eigenvalue weighted by atomic mass is 32.1. The van der Waals surface area contributed by atoms with Gasteiger partial charge in [-0.25, -0.2) is 4.79 Å². The van der Waals surface area contributed by atoms with Gasteiger partial charge in [-0.3, -0.25) is 4.98 Å². The number of nitrogens with zero attached hydrogens (tertiary/aromatic N) is 4. The first-order chi connectivity index (χ1) is 16.6. The second kappa shape index (κ2) is 10.0. The SMILES string of the molecule is COc1cc(-c2cnc3c(N4CCCC(CNC(=O)N5CCOCC5)C4)snc3c2)ccc1N. The first-order valence-electron chi connectivity index (χ1n) is 11.7. The topological polar surface area (TPSA) is 106 Å². The van der Waals surface area contributed by atoms with E-state index in [-0.39, 0.29) is 6.03 Å². The average Bonchev–Trinajstić information content (AvgIpc) is 3.31. The average molecular weight is 483 g/mol. The van der Waals surface area contributed by atoms with Crippen LogP contribution in [-0.4, -0.2) is 73.3 Å². The number of piperidine rings is 1. The number of nitrogens with one attached hydrogen (secondary N) is 1. The molecule has 2 aromatic heterocycles. The number of nitrogen functional groups attached to an aromatic ring is 1. The van der Waals surface area contributed by atoms with E-state index in [1.54, 1.807) is 7.11 Å². The summed E-state index contributed by atoms with van der Waals surface area (Å²) in [5.41, 5.74) is 10.3. The van der Waals surface area contributed by atoms with Crippen LogP contribution >= 0.6 is 11.5 Å². The number of amides is 2. The van der Waals surface area contributed by atoms with Crippen molar-refractivity contribution in [3.63, 3.8) is 0 Å². The molecule has 34 heavy (non-hydrogen) atoms. The summed E-state index contributed by atoms with van der Waals surface area (Å²) in [6.45, 7) is 5.09. The van der Waals surface area contributed by atoms with Crippen LogP contribution in [0, 0.1) is 5.92 Å². The zero-order valence-electron chi connectivity index (χ0n) is 19.3. The zero-order valence-corrected chi connectivity index (χ0v) is 20.1. The Balaban J connectivity index is 1.27. The molecule has 3 aromatic rings. The van der Waals surface area contributed by atoms with Gasteiger partial charge in [0.05, 0.1) is 26.0 Å². The van der Waals surface area contributed by atoms with Gasteiger partial charge in [0.15, 0.2) is 0 Å². The fourth-order valence-corrected chi connectivity index (χ4v) is 5.45. The third kappa shape index (κ3) is 4.74. The van der Waals surface area contributed by atoms with Gasteiger partial charge in [0.2, 0.25) is 0 Å². The van der Waals surface area contributed by atoms with Gasteiger partial charge in [-0.05, 0) is 54.1 Å². The number of carbonyl (C=O) groups excluding carboxylic acids is 1. The molecule has 10 heteroatoms.